The van der Waals surface area contributed by atoms with Gasteiger partial charge in [0.25, 0.3) is 5.56 Å². The van der Waals surface area contributed by atoms with Crippen molar-refractivity contribution < 1.29 is 14.3 Å². The minimum absolute atomic E-state index is 0.0284. The van der Waals surface area contributed by atoms with Gasteiger partial charge >= 0.3 is 5.97 Å². The van der Waals surface area contributed by atoms with Crippen LogP contribution in [0.1, 0.15) is 10.5 Å². The first-order valence-corrected chi connectivity index (χ1v) is 5.16. The second kappa shape index (κ2) is 4.58. The van der Waals surface area contributed by atoms with Gasteiger partial charge in [-0.25, -0.2) is 14.2 Å². The average Bonchev–Trinajstić information content (AvgIpc) is 2.28. The lowest BCUT2D eigenvalue weighted by molar-refractivity contribution is 0.0690. The van der Waals surface area contributed by atoms with Crippen molar-refractivity contribution in [2.45, 2.75) is 0 Å². The molecular formula is C11H6ClFN2O3. The van der Waals surface area contributed by atoms with E-state index in [4.69, 9.17) is 16.7 Å². The Morgan fingerprint density at radius 3 is 2.78 bits per heavy atom. The van der Waals surface area contributed by atoms with Crippen LogP contribution in [0, 0.1) is 5.82 Å². The molecule has 0 aliphatic rings. The summed E-state index contributed by atoms with van der Waals surface area (Å²) < 4.78 is 13.6. The van der Waals surface area contributed by atoms with E-state index < -0.39 is 23.0 Å². The van der Waals surface area contributed by atoms with Gasteiger partial charge in [-0.2, -0.15) is 0 Å². The van der Waals surface area contributed by atoms with E-state index >= 15 is 0 Å². The Morgan fingerprint density at radius 1 is 1.44 bits per heavy atom. The van der Waals surface area contributed by atoms with Gasteiger partial charge in [0.2, 0.25) is 0 Å². The zero-order valence-corrected chi connectivity index (χ0v) is 9.53. The molecule has 0 unspecified atom stereocenters. The van der Waals surface area contributed by atoms with Crippen LogP contribution < -0.4 is 5.56 Å². The number of nitrogens with zero attached hydrogens (tertiary/aromatic N) is 1. The smallest absolute Gasteiger partial charge is 0.354 e. The van der Waals surface area contributed by atoms with Crippen molar-refractivity contribution in [2.24, 2.45) is 0 Å². The third kappa shape index (κ3) is 2.23. The zero-order valence-electron chi connectivity index (χ0n) is 8.78. The quantitative estimate of drug-likeness (QED) is 0.872. The first-order valence-electron chi connectivity index (χ1n) is 4.78. The largest absolute Gasteiger partial charge is 0.477 e. The van der Waals surface area contributed by atoms with Gasteiger partial charge in [0.15, 0.2) is 5.69 Å². The van der Waals surface area contributed by atoms with Crippen molar-refractivity contribution in [1.82, 2.24) is 9.97 Å². The maximum atomic E-state index is 13.6. The maximum absolute atomic E-state index is 13.6. The summed E-state index contributed by atoms with van der Waals surface area (Å²) in [5.74, 6) is -2.30. The Kier molecular flexibility index (Phi) is 3.12. The van der Waals surface area contributed by atoms with E-state index in [1.165, 1.54) is 12.1 Å². The molecule has 0 fully saturated rings. The van der Waals surface area contributed by atoms with Gasteiger partial charge in [-0.15, -0.1) is 0 Å². The second-order valence-corrected chi connectivity index (χ2v) is 3.79. The predicted molar refractivity (Wildman–Crippen MR) is 62.2 cm³/mol. The van der Waals surface area contributed by atoms with E-state index in [-0.39, 0.29) is 16.4 Å². The Morgan fingerprint density at radius 2 is 2.17 bits per heavy atom. The van der Waals surface area contributed by atoms with Crippen LogP contribution in [0.5, 0.6) is 0 Å². The van der Waals surface area contributed by atoms with E-state index in [0.717, 1.165) is 12.1 Å². The number of benzene rings is 1. The topological polar surface area (TPSA) is 83.0 Å². The molecule has 0 saturated heterocycles. The highest BCUT2D eigenvalue weighted by Gasteiger charge is 2.15. The van der Waals surface area contributed by atoms with Crippen molar-refractivity contribution in [2.75, 3.05) is 0 Å². The van der Waals surface area contributed by atoms with E-state index in [0.29, 0.717) is 0 Å². The summed E-state index contributed by atoms with van der Waals surface area (Å²) in [7, 11) is 0. The Labute approximate surface area is 105 Å². The first-order chi connectivity index (χ1) is 8.49. The molecule has 5 nitrogen and oxygen atoms in total. The number of hydrogen-bond donors (Lipinski definition) is 2. The van der Waals surface area contributed by atoms with Crippen molar-refractivity contribution in [1.29, 1.82) is 0 Å². The number of hydrogen-bond acceptors (Lipinski definition) is 3. The molecule has 0 aliphatic heterocycles. The molecule has 2 N–H and O–H groups in total. The van der Waals surface area contributed by atoms with Crippen LogP contribution in [0.2, 0.25) is 5.02 Å². The summed E-state index contributed by atoms with van der Waals surface area (Å²) in [4.78, 5) is 27.9. The lowest BCUT2D eigenvalue weighted by Crippen LogP contribution is -2.14. The highest BCUT2D eigenvalue weighted by molar-refractivity contribution is 6.33. The molecule has 0 bridgehead atoms. The standard InChI is InChI=1S/C11H6ClFN2O3/c12-5-2-1-3-6(13)9(5)10-14-7(11(17)18)4-8(16)15-10/h1-4H,(H,17,18)(H,14,15,16). The summed E-state index contributed by atoms with van der Waals surface area (Å²) in [6.45, 7) is 0. The van der Waals surface area contributed by atoms with Crippen molar-refractivity contribution in [3.05, 3.63) is 51.2 Å². The van der Waals surface area contributed by atoms with Gasteiger partial charge in [0, 0.05) is 6.07 Å². The van der Waals surface area contributed by atoms with Crippen molar-refractivity contribution >= 4 is 17.6 Å². The number of aromatic carboxylic acids is 1. The molecule has 92 valence electrons. The molecule has 2 aromatic rings. The van der Waals surface area contributed by atoms with Crippen LogP contribution in [0.15, 0.2) is 29.1 Å². The third-order valence-corrected chi connectivity index (χ3v) is 2.48. The van der Waals surface area contributed by atoms with Crippen molar-refractivity contribution in [3.63, 3.8) is 0 Å². The minimum atomic E-state index is -1.38. The van der Waals surface area contributed by atoms with Crippen LogP contribution in [-0.4, -0.2) is 21.0 Å². The molecule has 1 aromatic carbocycles. The molecule has 0 aliphatic carbocycles. The number of carbonyl (C=O) groups is 1. The highest BCUT2D eigenvalue weighted by Crippen LogP contribution is 2.27. The summed E-state index contributed by atoms with van der Waals surface area (Å²) in [6, 6.07) is 4.74. The summed E-state index contributed by atoms with van der Waals surface area (Å²) in [5, 5.41) is 8.81. The van der Waals surface area contributed by atoms with E-state index in [9.17, 15) is 14.0 Å². The lowest BCUT2D eigenvalue weighted by atomic mass is 10.2. The third-order valence-electron chi connectivity index (χ3n) is 2.16. The number of rotatable bonds is 2. The summed E-state index contributed by atoms with van der Waals surface area (Å²) in [6.07, 6.45) is 0. The number of aromatic nitrogens is 2. The maximum Gasteiger partial charge on any atom is 0.354 e. The van der Waals surface area contributed by atoms with E-state index in [2.05, 4.69) is 9.97 Å². The average molecular weight is 269 g/mol. The van der Waals surface area contributed by atoms with Gasteiger partial charge in [-0.05, 0) is 12.1 Å². The molecule has 18 heavy (non-hydrogen) atoms. The van der Waals surface area contributed by atoms with E-state index in [1.807, 2.05) is 0 Å². The Balaban J connectivity index is 2.72. The van der Waals surface area contributed by atoms with Gasteiger partial charge in [0.05, 0.1) is 10.6 Å². The highest BCUT2D eigenvalue weighted by atomic mass is 35.5. The summed E-state index contributed by atoms with van der Waals surface area (Å²) >= 11 is 5.80. The molecule has 0 atom stereocenters. The molecular weight excluding hydrogens is 263 g/mol. The number of carboxylic acid groups (broad SMARTS) is 1. The van der Waals surface area contributed by atoms with Gasteiger partial charge in [-0.1, -0.05) is 17.7 Å². The van der Waals surface area contributed by atoms with Gasteiger partial charge in [0.1, 0.15) is 11.6 Å². The fraction of sp³-hybridized carbons (Fsp3) is 0. The van der Waals surface area contributed by atoms with Crippen LogP contribution in [0.4, 0.5) is 4.39 Å². The monoisotopic (exact) mass is 268 g/mol. The molecule has 1 aromatic heterocycles. The molecule has 2 rings (SSSR count). The van der Waals surface area contributed by atoms with Gasteiger partial charge < -0.3 is 10.1 Å². The lowest BCUT2D eigenvalue weighted by Gasteiger charge is -2.05. The normalized spacial score (nSPS) is 10.3. The van der Waals surface area contributed by atoms with Crippen LogP contribution in [0.3, 0.4) is 0 Å². The number of nitrogens with one attached hydrogen (secondary N) is 1. The van der Waals surface area contributed by atoms with Crippen LogP contribution in [-0.2, 0) is 0 Å². The second-order valence-electron chi connectivity index (χ2n) is 3.38. The molecule has 1 heterocycles. The number of carboxylic acids is 1. The SMILES string of the molecule is O=C(O)c1cc(=O)[nH]c(-c2c(F)cccc2Cl)n1. The number of halogens is 2. The Hall–Kier alpha value is -2.21. The minimum Gasteiger partial charge on any atom is -0.477 e. The van der Waals surface area contributed by atoms with Gasteiger partial charge in [-0.3, -0.25) is 4.79 Å². The molecule has 0 spiro atoms. The zero-order chi connectivity index (χ0) is 13.3. The fourth-order valence-electron chi connectivity index (χ4n) is 1.41. The molecule has 0 radical (unpaired) electrons. The predicted octanol–water partition coefficient (Wildman–Crippen LogP) is 1.93. The van der Waals surface area contributed by atoms with E-state index in [1.54, 1.807) is 0 Å². The number of H-pyrrole nitrogens is 1. The number of aromatic amines is 1. The Bertz CT molecular complexity index is 664. The van der Waals surface area contributed by atoms with Crippen molar-refractivity contribution in [3.8, 4) is 11.4 Å². The van der Waals surface area contributed by atoms with Crippen LogP contribution >= 0.6 is 11.6 Å². The summed E-state index contributed by atoms with van der Waals surface area (Å²) in [5.41, 5.74) is -1.32. The molecule has 7 heteroatoms. The first kappa shape index (κ1) is 12.3. The molecule has 0 saturated carbocycles. The van der Waals surface area contributed by atoms with Crippen LogP contribution in [0.25, 0.3) is 11.4 Å². The fourth-order valence-corrected chi connectivity index (χ4v) is 1.66. The molecule has 0 amide bonds.